The van der Waals surface area contributed by atoms with Crippen molar-refractivity contribution in [1.29, 1.82) is 0 Å². The van der Waals surface area contributed by atoms with Crippen LogP contribution in [0.2, 0.25) is 0 Å². The van der Waals surface area contributed by atoms with E-state index in [-0.39, 0.29) is 5.41 Å². The molecule has 3 aliphatic carbocycles. The van der Waals surface area contributed by atoms with Crippen molar-refractivity contribution in [3.05, 3.63) is 529 Å². The van der Waals surface area contributed by atoms with Gasteiger partial charge in [-0.25, -0.2) is 0 Å². The molecule has 0 spiro atoms. The number of thiophene rings is 1. The zero-order valence-corrected chi connectivity index (χ0v) is 73.3. The average Bonchev–Trinajstić information content (AvgIpc) is 1.53. The normalized spacial score (nSPS) is 15.0. The lowest BCUT2D eigenvalue weighted by molar-refractivity contribution is 0.360. The lowest BCUT2D eigenvalue weighted by Gasteiger charge is -2.34. The summed E-state index contributed by atoms with van der Waals surface area (Å²) in [5.74, 6) is 5.86. The van der Waals surface area contributed by atoms with Crippen LogP contribution in [0.1, 0.15) is 69.5 Å². The fourth-order valence-electron chi connectivity index (χ4n) is 21.6. The zero-order chi connectivity index (χ0) is 87.6. The Morgan fingerprint density at radius 3 is 1.05 bits per heavy atom. The lowest BCUT2D eigenvalue weighted by Crippen LogP contribution is -2.28. The number of benzene rings is 20. The van der Waals surface area contributed by atoms with Crippen LogP contribution in [0.4, 0.5) is 34.1 Å². The molecular formula is C125H84N2O4S. The minimum absolute atomic E-state index is 0.0646. The molecule has 7 heteroatoms. The summed E-state index contributed by atoms with van der Waals surface area (Å²) >= 11 is 1.85. The van der Waals surface area contributed by atoms with Crippen LogP contribution in [0.25, 0.3) is 98.1 Å². The number of fused-ring (bicyclic) bond motifs is 18. The van der Waals surface area contributed by atoms with E-state index in [9.17, 15) is 0 Å². The molecule has 1 aromatic heterocycles. The summed E-state index contributed by atoms with van der Waals surface area (Å²) in [6, 6.07) is 171. The van der Waals surface area contributed by atoms with Gasteiger partial charge in [0.1, 0.15) is 0 Å². The Bertz CT molecular complexity index is 8080. The third-order valence-electron chi connectivity index (χ3n) is 27.7. The summed E-state index contributed by atoms with van der Waals surface area (Å²) in [7, 11) is 0. The van der Waals surface area contributed by atoms with Crippen LogP contribution in [0.15, 0.2) is 473 Å². The Hall–Kier alpha value is -16.6. The third kappa shape index (κ3) is 12.5. The van der Waals surface area contributed by atoms with Crippen LogP contribution in [-0.2, 0) is 16.2 Å². The Kier molecular flexibility index (Phi) is 18.5. The standard InChI is InChI=1S/C64H45NO2.C61H39NO2S/c1-63(2)54-21-11-9-19-51(54)53-41-50(37-38-55(53)63)65(48-33-27-44(28-34-48)42-15-5-3-6-16-42)49-35-29-45(30-36-49)43-25-31-47(32-26-43)64(46-17-7-4-8-18-46)56-22-12-10-20-52(56)61-57(64)39-40-60-62(61)67-59-24-14-13-23-58(59)66-60;1-3-15-42(16-4-1)47-19-8-11-23-53(47)62(46-35-36-49-48-20-9-14-26-57(48)65-58(49)39-46)45-33-29-41(30-34-45)40-27-31-44(32-28-40)61(43-17-5-2-6-18-43)51-22-10-7-21-50(51)59-52(61)37-38-56-60(59)64-55-25-13-12-24-54(55)63-56/h3-41H,1-2H3;1-39H. The fourth-order valence-corrected chi connectivity index (χ4v) is 22.8. The van der Waals surface area contributed by atoms with Gasteiger partial charge in [-0.3, -0.25) is 0 Å². The minimum Gasteiger partial charge on any atom is -0.449 e. The van der Waals surface area contributed by atoms with Crippen molar-refractivity contribution >= 4 is 65.6 Å². The van der Waals surface area contributed by atoms with Gasteiger partial charge in [0.2, 0.25) is 0 Å². The largest absolute Gasteiger partial charge is 0.449 e. The van der Waals surface area contributed by atoms with Crippen molar-refractivity contribution in [2.45, 2.75) is 30.1 Å². The van der Waals surface area contributed by atoms with E-state index in [1.165, 1.54) is 109 Å². The second kappa shape index (κ2) is 31.4. The van der Waals surface area contributed by atoms with E-state index in [0.717, 1.165) is 125 Å². The molecule has 0 radical (unpaired) electrons. The van der Waals surface area contributed by atoms with Crippen LogP contribution >= 0.6 is 11.3 Å². The molecule has 0 N–H and O–H groups in total. The van der Waals surface area contributed by atoms with Crippen LogP contribution < -0.4 is 28.7 Å². The smallest absolute Gasteiger partial charge is 0.178 e. The van der Waals surface area contributed by atoms with Crippen LogP contribution in [-0.4, -0.2) is 0 Å². The second-order valence-electron chi connectivity index (χ2n) is 35.2. The predicted molar refractivity (Wildman–Crippen MR) is 542 cm³/mol. The summed E-state index contributed by atoms with van der Waals surface area (Å²) in [5, 5.41) is 2.59. The molecule has 21 aromatic rings. The number of nitrogens with zero attached hydrogens (tertiary/aromatic N) is 2. The van der Waals surface area contributed by atoms with E-state index < -0.39 is 10.8 Å². The van der Waals surface area contributed by atoms with E-state index in [1.54, 1.807) is 0 Å². The first-order valence-corrected chi connectivity index (χ1v) is 46.0. The summed E-state index contributed by atoms with van der Waals surface area (Å²) < 4.78 is 29.0. The van der Waals surface area contributed by atoms with Gasteiger partial charge in [0.15, 0.2) is 46.0 Å². The molecule has 2 aliphatic heterocycles. The highest BCUT2D eigenvalue weighted by atomic mass is 32.1. The molecular weight excluding hydrogens is 1630 g/mol. The van der Waals surface area contributed by atoms with E-state index in [2.05, 4.69) is 448 Å². The van der Waals surface area contributed by atoms with Gasteiger partial charge in [0, 0.05) is 70.7 Å². The maximum Gasteiger partial charge on any atom is 0.178 e. The molecule has 0 saturated carbocycles. The number of hydrogen-bond acceptors (Lipinski definition) is 7. The molecule has 0 amide bonds. The van der Waals surface area contributed by atoms with Crippen LogP contribution in [0, 0.1) is 0 Å². The quantitative estimate of drug-likeness (QED) is 0.108. The molecule has 3 heterocycles. The van der Waals surface area contributed by atoms with Gasteiger partial charge in [-0.15, -0.1) is 11.3 Å². The molecule has 624 valence electrons. The topological polar surface area (TPSA) is 43.4 Å². The molecule has 2 atom stereocenters. The molecule has 0 saturated heterocycles. The summed E-state index contributed by atoms with van der Waals surface area (Å²) in [6.45, 7) is 4.68. The SMILES string of the molecule is CC1(C)c2ccccc2-c2cc(N(c3ccc(-c4ccccc4)cc3)c3ccc(-c4ccc(C5(c6ccccc6)c6ccccc6-c6c5ccc5c6Oc6ccccc6O5)cc4)cc3)ccc21.c1ccc(-c2ccccc2N(c2ccc(-c3ccc(C4(c5ccccc5)c5ccccc5-c5c4ccc4c5Oc5ccccc5O4)cc3)cc2)c2ccc3c(c2)sc2ccccc23)cc1. The first-order valence-electron chi connectivity index (χ1n) is 45.2. The Labute approximate surface area is 771 Å². The monoisotopic (exact) mass is 1710 g/mol. The van der Waals surface area contributed by atoms with Crippen molar-refractivity contribution in [2.75, 3.05) is 9.80 Å². The zero-order valence-electron chi connectivity index (χ0n) is 72.5. The highest BCUT2D eigenvalue weighted by Crippen LogP contribution is 2.65. The van der Waals surface area contributed by atoms with E-state index in [4.69, 9.17) is 18.9 Å². The maximum absolute atomic E-state index is 6.74. The van der Waals surface area contributed by atoms with Gasteiger partial charge in [0.25, 0.3) is 0 Å². The average molecular weight is 1710 g/mol. The number of hydrogen-bond donors (Lipinski definition) is 0. The third-order valence-corrected chi connectivity index (χ3v) is 28.8. The molecule has 5 aliphatic rings. The van der Waals surface area contributed by atoms with E-state index >= 15 is 0 Å². The molecule has 2 unspecified atom stereocenters. The van der Waals surface area contributed by atoms with Gasteiger partial charge in [0.05, 0.1) is 16.5 Å². The number of rotatable bonds is 14. The fraction of sp³-hybridized carbons (Fsp3) is 0.0400. The van der Waals surface area contributed by atoms with Crippen LogP contribution in [0.3, 0.4) is 0 Å². The summed E-state index contributed by atoms with van der Waals surface area (Å²) in [5.41, 5.74) is 34.1. The highest BCUT2D eigenvalue weighted by molar-refractivity contribution is 7.25. The van der Waals surface area contributed by atoms with Crippen LogP contribution in [0.5, 0.6) is 46.0 Å². The molecule has 0 fully saturated rings. The summed E-state index contributed by atoms with van der Waals surface area (Å²) in [6.07, 6.45) is 0. The number of ether oxygens (including phenoxy) is 4. The number of para-hydroxylation sites is 5. The Balaban J connectivity index is 0.000000142. The van der Waals surface area contributed by atoms with Gasteiger partial charge < -0.3 is 28.7 Å². The minimum atomic E-state index is -0.590. The molecule has 6 nitrogen and oxygen atoms in total. The molecule has 132 heavy (non-hydrogen) atoms. The van der Waals surface area contributed by atoms with Gasteiger partial charge >= 0.3 is 0 Å². The van der Waals surface area contributed by atoms with Gasteiger partial charge in [-0.1, -0.05) is 378 Å². The maximum atomic E-state index is 6.74. The van der Waals surface area contributed by atoms with Gasteiger partial charge in [-0.05, 0) is 226 Å². The Morgan fingerprint density at radius 2 is 0.545 bits per heavy atom. The predicted octanol–water partition coefficient (Wildman–Crippen LogP) is 34.2. The lowest BCUT2D eigenvalue weighted by atomic mass is 9.67. The summed E-state index contributed by atoms with van der Waals surface area (Å²) in [4.78, 5) is 4.80. The van der Waals surface area contributed by atoms with E-state index in [0.29, 0.717) is 0 Å². The Morgan fingerprint density at radius 1 is 0.205 bits per heavy atom. The first kappa shape index (κ1) is 77.7. The molecule has 0 bridgehead atoms. The van der Waals surface area contributed by atoms with Crippen molar-refractivity contribution in [3.63, 3.8) is 0 Å². The van der Waals surface area contributed by atoms with E-state index in [1.807, 2.05) is 59.9 Å². The van der Waals surface area contributed by atoms with Crippen molar-refractivity contribution in [2.24, 2.45) is 0 Å². The molecule has 20 aromatic carbocycles. The van der Waals surface area contributed by atoms with Gasteiger partial charge in [-0.2, -0.15) is 0 Å². The number of anilines is 6. The van der Waals surface area contributed by atoms with Crippen molar-refractivity contribution in [3.8, 4) is 124 Å². The molecule has 26 rings (SSSR count). The second-order valence-corrected chi connectivity index (χ2v) is 36.2. The first-order chi connectivity index (χ1) is 65.2. The van der Waals surface area contributed by atoms with Crippen molar-refractivity contribution in [1.82, 2.24) is 0 Å². The highest BCUT2D eigenvalue weighted by Gasteiger charge is 2.51. The van der Waals surface area contributed by atoms with Crippen molar-refractivity contribution < 1.29 is 18.9 Å².